The van der Waals surface area contributed by atoms with E-state index in [0.29, 0.717) is 21.2 Å². The lowest BCUT2D eigenvalue weighted by Crippen LogP contribution is -3.00. The van der Waals surface area contributed by atoms with E-state index >= 15 is 0 Å². The minimum absolute atomic E-state index is 0. The van der Waals surface area contributed by atoms with Gasteiger partial charge in [0.25, 0.3) is 0 Å². The van der Waals surface area contributed by atoms with Crippen LogP contribution in [-0.2, 0) is 30.3 Å². The number of halogens is 4. The molecule has 4 aliphatic rings. The van der Waals surface area contributed by atoms with Gasteiger partial charge in [-0.05, 0) is 61.1 Å². The lowest BCUT2D eigenvalue weighted by atomic mass is 9.80. The van der Waals surface area contributed by atoms with E-state index in [1.807, 2.05) is 0 Å². The van der Waals surface area contributed by atoms with Gasteiger partial charge in [0.15, 0.2) is 23.4 Å². The summed E-state index contributed by atoms with van der Waals surface area (Å²) in [6, 6.07) is 13.9. The van der Waals surface area contributed by atoms with Gasteiger partial charge in [-0.25, -0.2) is 9.59 Å². The number of aliphatic hydroxyl groups is 2. The van der Waals surface area contributed by atoms with Crippen LogP contribution in [0.5, 0.6) is 0 Å². The number of nitrogens with zero attached hydrogens (tertiary/aromatic N) is 2. The van der Waals surface area contributed by atoms with Gasteiger partial charge >= 0.3 is 11.9 Å². The molecular formula is C38H54Br2Cl2N2O6. The summed E-state index contributed by atoms with van der Waals surface area (Å²) in [7, 11) is 8.54. The second-order valence-corrected chi connectivity index (χ2v) is 16.7. The fourth-order valence-corrected chi connectivity index (χ4v) is 8.52. The van der Waals surface area contributed by atoms with Gasteiger partial charge in [-0.2, -0.15) is 0 Å². The van der Waals surface area contributed by atoms with Crippen molar-refractivity contribution < 1.29 is 72.2 Å². The number of ether oxygens (including phenoxy) is 2. The zero-order chi connectivity index (χ0) is 34.7. The van der Waals surface area contributed by atoms with Crippen molar-refractivity contribution in [2.45, 2.75) is 87.6 Å². The molecule has 50 heavy (non-hydrogen) atoms. The topological polar surface area (TPSA) is 93.1 Å². The molecule has 2 saturated heterocycles. The zero-order valence-electron chi connectivity index (χ0n) is 29.8. The zero-order valence-corrected chi connectivity index (χ0v) is 34.4. The van der Waals surface area contributed by atoms with E-state index in [-0.39, 0.29) is 58.0 Å². The van der Waals surface area contributed by atoms with Crippen molar-refractivity contribution in [3.63, 3.8) is 0 Å². The Kier molecular flexibility index (Phi) is 15.3. The van der Waals surface area contributed by atoms with E-state index in [0.717, 1.165) is 99.4 Å². The first-order valence-electron chi connectivity index (χ1n) is 17.7. The van der Waals surface area contributed by atoms with Crippen LogP contribution in [0.1, 0.15) is 75.3 Å². The van der Waals surface area contributed by atoms with E-state index in [9.17, 15) is 19.8 Å². The van der Waals surface area contributed by atoms with Gasteiger partial charge in [-0.1, -0.05) is 73.2 Å². The molecule has 2 saturated carbocycles. The van der Waals surface area contributed by atoms with Gasteiger partial charge in [0.1, 0.15) is 13.1 Å². The Hall–Kier alpha value is -1.24. The van der Waals surface area contributed by atoms with Crippen molar-refractivity contribution in [3.05, 3.63) is 69.7 Å². The summed E-state index contributed by atoms with van der Waals surface area (Å²) in [6.07, 6.45) is 9.02. The lowest BCUT2D eigenvalue weighted by molar-refractivity contribution is -0.879. The van der Waals surface area contributed by atoms with Crippen LogP contribution in [0.4, 0.5) is 0 Å². The molecular weight excluding hydrogens is 811 g/mol. The van der Waals surface area contributed by atoms with Crippen LogP contribution < -0.4 is 34.0 Å². The molecule has 0 unspecified atom stereocenters. The number of hydrogen-bond acceptors (Lipinski definition) is 6. The molecule has 2 aromatic rings. The summed E-state index contributed by atoms with van der Waals surface area (Å²) in [5.41, 5.74) is -1.95. The first-order valence-corrected chi connectivity index (χ1v) is 18.4. The number of rotatable bonds is 8. The Morgan fingerprint density at radius 2 is 0.900 bits per heavy atom. The number of esters is 2. The minimum atomic E-state index is -1.57. The molecule has 4 fully saturated rings. The molecule has 6 rings (SSSR count). The van der Waals surface area contributed by atoms with E-state index in [4.69, 9.17) is 32.7 Å². The van der Waals surface area contributed by atoms with Crippen molar-refractivity contribution in [1.82, 2.24) is 0 Å². The first kappa shape index (κ1) is 43.2. The van der Waals surface area contributed by atoms with Crippen molar-refractivity contribution in [2.24, 2.45) is 11.8 Å². The van der Waals surface area contributed by atoms with Crippen LogP contribution in [0.15, 0.2) is 48.5 Å². The largest absolute Gasteiger partial charge is 1.00 e. The number of quaternary nitrogens is 2. The van der Waals surface area contributed by atoms with Crippen LogP contribution in [-0.4, -0.2) is 97.7 Å². The molecule has 2 N–H and O–H groups in total. The molecule has 0 bridgehead atoms. The molecule has 0 aromatic heterocycles. The average molecular weight is 866 g/mol. The third-order valence-electron chi connectivity index (χ3n) is 11.1. The third-order valence-corrected chi connectivity index (χ3v) is 11.6. The van der Waals surface area contributed by atoms with Gasteiger partial charge in [-0.15, -0.1) is 0 Å². The van der Waals surface area contributed by atoms with E-state index in [2.05, 4.69) is 28.2 Å². The average Bonchev–Trinajstić information content (AvgIpc) is 3.86. The fraction of sp³-hybridized carbons (Fsp3) is 0.632. The fourth-order valence-electron chi connectivity index (χ4n) is 8.27. The van der Waals surface area contributed by atoms with Gasteiger partial charge < -0.3 is 62.6 Å². The van der Waals surface area contributed by atoms with Crippen LogP contribution in [0.2, 0.25) is 10.0 Å². The molecule has 0 amide bonds. The molecule has 2 aliphatic heterocycles. The number of carbonyl (C=O) groups excluding carboxylic acids is 2. The van der Waals surface area contributed by atoms with Crippen molar-refractivity contribution in [2.75, 3.05) is 54.4 Å². The first-order chi connectivity index (χ1) is 22.6. The van der Waals surface area contributed by atoms with Crippen molar-refractivity contribution in [3.8, 4) is 0 Å². The second kappa shape index (κ2) is 17.7. The molecule has 0 spiro atoms. The summed E-state index contributed by atoms with van der Waals surface area (Å²) >= 11 is 11.9. The van der Waals surface area contributed by atoms with Gasteiger partial charge in [-0.3, -0.25) is 0 Å². The number of benzene rings is 2. The lowest BCUT2D eigenvalue weighted by Gasteiger charge is -2.33. The summed E-state index contributed by atoms with van der Waals surface area (Å²) in [6.45, 7) is 3.57. The van der Waals surface area contributed by atoms with E-state index in [1.165, 1.54) is 0 Å². The summed E-state index contributed by atoms with van der Waals surface area (Å²) in [5, 5.41) is 24.0. The highest BCUT2D eigenvalue weighted by Gasteiger charge is 2.51. The summed E-state index contributed by atoms with van der Waals surface area (Å²) < 4.78 is 13.2. The maximum absolute atomic E-state index is 13.0. The second-order valence-electron chi connectivity index (χ2n) is 15.8. The van der Waals surface area contributed by atoms with Gasteiger partial charge in [0, 0.05) is 34.7 Å². The standard InChI is InChI=1S/2C19H27ClNO3.2BrH/c2*1-21(2)12-11-17(13-21)24-18(22)19(23,14-5-3-4-6-14)15-7-9-16(20)10-8-15;;/h2*7-10,14,17,23H,3-6,11-13H2,1-2H3;2*1H/q2*+1;;/p-2/t2*17-,19+;;/m10../s1. The van der Waals surface area contributed by atoms with Crippen LogP contribution >= 0.6 is 23.2 Å². The van der Waals surface area contributed by atoms with E-state index in [1.54, 1.807) is 48.5 Å². The van der Waals surface area contributed by atoms with E-state index < -0.39 is 23.1 Å². The molecule has 280 valence electrons. The molecule has 12 heteroatoms. The Morgan fingerprint density at radius 3 is 1.16 bits per heavy atom. The molecule has 2 heterocycles. The molecule has 4 atom stereocenters. The summed E-state index contributed by atoms with van der Waals surface area (Å²) in [5.74, 6) is -1.17. The highest BCUT2D eigenvalue weighted by atomic mass is 79.9. The Morgan fingerprint density at radius 1 is 0.600 bits per heavy atom. The number of hydrogen-bond donors (Lipinski definition) is 2. The predicted molar refractivity (Wildman–Crippen MR) is 187 cm³/mol. The normalized spacial score (nSPS) is 25.2. The number of likely N-dealkylation sites (tertiary alicyclic amines) is 2. The van der Waals surface area contributed by atoms with Crippen molar-refractivity contribution >= 4 is 35.1 Å². The summed E-state index contributed by atoms with van der Waals surface area (Å²) in [4.78, 5) is 26.0. The Labute approximate surface area is 329 Å². The molecule has 2 aromatic carbocycles. The van der Waals surface area contributed by atoms with Crippen molar-refractivity contribution in [1.29, 1.82) is 0 Å². The quantitative estimate of drug-likeness (QED) is 0.292. The smallest absolute Gasteiger partial charge is 0.343 e. The van der Waals surface area contributed by atoms with Gasteiger partial charge in [0.2, 0.25) is 0 Å². The number of likely N-dealkylation sites (N-methyl/N-ethyl adjacent to an activating group) is 2. The third kappa shape index (κ3) is 10.0. The van der Waals surface area contributed by atoms with Crippen LogP contribution in [0.3, 0.4) is 0 Å². The predicted octanol–water partition coefficient (Wildman–Crippen LogP) is 0.227. The van der Waals surface area contributed by atoms with Crippen LogP contribution in [0.25, 0.3) is 0 Å². The SMILES string of the molecule is C[N+]1(C)CC[C@@H](OC(=O)[C@@](O)(c2ccc(Cl)cc2)C2CCCC2)C1.C[N+]1(C)CC[C@H](OC(=O)[C@](O)(c2ccc(Cl)cc2)C2CCCC2)C1.[Br-].[Br-]. The monoisotopic (exact) mass is 862 g/mol. The van der Waals surface area contributed by atoms with Gasteiger partial charge in [0.05, 0.1) is 41.3 Å². The molecule has 0 radical (unpaired) electrons. The minimum Gasteiger partial charge on any atom is -1.00 e. The Balaban J connectivity index is 0.000000260. The highest BCUT2D eigenvalue weighted by molar-refractivity contribution is 6.30. The highest BCUT2D eigenvalue weighted by Crippen LogP contribution is 2.43. The molecule has 2 aliphatic carbocycles. The Bertz CT molecular complexity index is 1310. The molecule has 8 nitrogen and oxygen atoms in total. The number of carbonyl (C=O) groups is 2. The maximum atomic E-state index is 13.0. The van der Waals surface area contributed by atoms with Crippen LogP contribution in [0, 0.1) is 11.8 Å². The maximum Gasteiger partial charge on any atom is 0.343 e.